The van der Waals surface area contributed by atoms with E-state index in [1.54, 1.807) is 7.05 Å². The largest absolute Gasteiger partial charge is 0.372 e. The van der Waals surface area contributed by atoms with Gasteiger partial charge in [0.25, 0.3) is 0 Å². The topological polar surface area (TPSA) is 37.8 Å². The molecule has 0 saturated heterocycles. The third-order valence-electron chi connectivity index (χ3n) is 1.95. The molecule has 0 fully saturated rings. The standard InChI is InChI=1S/C9H6ClF2N3/c1-13-8-4-2-5(11)6(12)3-7(4)14-9(10)15-8/h2-3H,1H3,(H,13,14,15). The molecule has 6 heteroatoms. The summed E-state index contributed by atoms with van der Waals surface area (Å²) in [5.41, 5.74) is 0.262. The first-order valence-electron chi connectivity index (χ1n) is 4.12. The van der Waals surface area contributed by atoms with Gasteiger partial charge in [0, 0.05) is 18.5 Å². The highest BCUT2D eigenvalue weighted by molar-refractivity contribution is 6.28. The van der Waals surface area contributed by atoms with E-state index in [4.69, 9.17) is 11.6 Å². The SMILES string of the molecule is CNc1nc(Cl)nc2cc(F)c(F)cc12. The molecule has 0 aliphatic heterocycles. The quantitative estimate of drug-likeness (QED) is 0.764. The fourth-order valence-corrected chi connectivity index (χ4v) is 1.46. The van der Waals surface area contributed by atoms with Crippen LogP contribution in [0.3, 0.4) is 0 Å². The highest BCUT2D eigenvalue weighted by Gasteiger charge is 2.10. The van der Waals surface area contributed by atoms with Crippen LogP contribution in [0.25, 0.3) is 10.9 Å². The molecule has 0 atom stereocenters. The summed E-state index contributed by atoms with van der Waals surface area (Å²) < 4.78 is 25.9. The number of rotatable bonds is 1. The number of aromatic nitrogens is 2. The molecule has 0 saturated carbocycles. The molecule has 0 aliphatic rings. The van der Waals surface area contributed by atoms with Gasteiger partial charge in [0.1, 0.15) is 5.82 Å². The third kappa shape index (κ3) is 1.70. The fraction of sp³-hybridized carbons (Fsp3) is 0.111. The summed E-state index contributed by atoms with van der Waals surface area (Å²) in [5, 5.41) is 3.11. The van der Waals surface area contributed by atoms with Crippen LogP contribution in [0.5, 0.6) is 0 Å². The lowest BCUT2D eigenvalue weighted by Gasteiger charge is -2.05. The van der Waals surface area contributed by atoms with E-state index in [1.807, 2.05) is 0 Å². The van der Waals surface area contributed by atoms with E-state index in [0.717, 1.165) is 12.1 Å². The Labute approximate surface area is 89.1 Å². The summed E-state index contributed by atoms with van der Waals surface area (Å²) in [4.78, 5) is 7.64. The van der Waals surface area contributed by atoms with Crippen LogP contribution in [0.2, 0.25) is 5.28 Å². The molecule has 15 heavy (non-hydrogen) atoms. The van der Waals surface area contributed by atoms with Gasteiger partial charge in [-0.3, -0.25) is 0 Å². The van der Waals surface area contributed by atoms with Crippen molar-refractivity contribution in [3.8, 4) is 0 Å². The van der Waals surface area contributed by atoms with E-state index < -0.39 is 11.6 Å². The normalized spacial score (nSPS) is 10.7. The van der Waals surface area contributed by atoms with Crippen LogP contribution in [0.4, 0.5) is 14.6 Å². The van der Waals surface area contributed by atoms with Gasteiger partial charge in [-0.15, -0.1) is 0 Å². The predicted molar refractivity (Wildman–Crippen MR) is 54.0 cm³/mol. The molecule has 2 aromatic rings. The maximum absolute atomic E-state index is 13.0. The number of nitrogens with one attached hydrogen (secondary N) is 1. The lowest BCUT2D eigenvalue weighted by molar-refractivity contribution is 0.510. The Morgan fingerprint density at radius 3 is 2.53 bits per heavy atom. The van der Waals surface area contributed by atoms with Crippen molar-refractivity contribution in [1.29, 1.82) is 0 Å². The fourth-order valence-electron chi connectivity index (χ4n) is 1.29. The lowest BCUT2D eigenvalue weighted by atomic mass is 10.2. The Balaban J connectivity index is 2.84. The molecular weight excluding hydrogens is 224 g/mol. The maximum Gasteiger partial charge on any atom is 0.224 e. The summed E-state index contributed by atoms with van der Waals surface area (Å²) in [6.45, 7) is 0. The van der Waals surface area contributed by atoms with Crippen LogP contribution in [-0.2, 0) is 0 Å². The number of halogens is 3. The Morgan fingerprint density at radius 1 is 1.20 bits per heavy atom. The Bertz CT molecular complexity index is 530. The molecule has 0 aliphatic carbocycles. The number of anilines is 1. The Kier molecular flexibility index (Phi) is 2.40. The first-order valence-corrected chi connectivity index (χ1v) is 4.49. The van der Waals surface area contributed by atoms with Crippen molar-refractivity contribution in [3.63, 3.8) is 0 Å². The molecule has 0 unspecified atom stereocenters. The smallest absolute Gasteiger partial charge is 0.224 e. The molecule has 1 aromatic heterocycles. The monoisotopic (exact) mass is 229 g/mol. The first kappa shape index (κ1) is 10.0. The van der Waals surface area contributed by atoms with Crippen molar-refractivity contribution >= 4 is 28.3 Å². The summed E-state index contributed by atoms with van der Waals surface area (Å²) in [6.07, 6.45) is 0. The van der Waals surface area contributed by atoms with E-state index >= 15 is 0 Å². The van der Waals surface area contributed by atoms with Crippen LogP contribution in [0.1, 0.15) is 0 Å². The van der Waals surface area contributed by atoms with Crippen LogP contribution in [0.15, 0.2) is 12.1 Å². The van der Waals surface area contributed by atoms with Gasteiger partial charge in [0.2, 0.25) is 5.28 Å². The summed E-state index contributed by atoms with van der Waals surface area (Å²) in [6, 6.07) is 2.02. The van der Waals surface area contributed by atoms with E-state index in [2.05, 4.69) is 15.3 Å². The van der Waals surface area contributed by atoms with Crippen molar-refractivity contribution in [1.82, 2.24) is 9.97 Å². The van der Waals surface area contributed by atoms with Gasteiger partial charge in [-0.05, 0) is 17.7 Å². The zero-order chi connectivity index (χ0) is 11.0. The molecule has 1 aromatic carbocycles. The van der Waals surface area contributed by atoms with E-state index in [-0.39, 0.29) is 10.8 Å². The van der Waals surface area contributed by atoms with Gasteiger partial charge in [-0.25, -0.2) is 18.7 Å². The first-order chi connectivity index (χ1) is 7.11. The number of hydrogen-bond acceptors (Lipinski definition) is 3. The van der Waals surface area contributed by atoms with E-state index in [9.17, 15) is 8.78 Å². The second kappa shape index (κ2) is 3.58. The molecular formula is C9H6ClF2N3. The number of hydrogen-bond donors (Lipinski definition) is 1. The second-order valence-corrected chi connectivity index (χ2v) is 3.21. The van der Waals surface area contributed by atoms with Gasteiger partial charge in [-0.2, -0.15) is 0 Å². The summed E-state index contributed by atoms with van der Waals surface area (Å²) in [5.74, 6) is -1.53. The van der Waals surface area contributed by atoms with Crippen molar-refractivity contribution in [2.75, 3.05) is 12.4 Å². The van der Waals surface area contributed by atoms with Gasteiger partial charge in [0.05, 0.1) is 5.52 Å². The zero-order valence-corrected chi connectivity index (χ0v) is 8.44. The minimum absolute atomic E-state index is 0.0159. The van der Waals surface area contributed by atoms with Crippen LogP contribution in [0, 0.1) is 11.6 Å². The third-order valence-corrected chi connectivity index (χ3v) is 2.12. The molecule has 2 rings (SSSR count). The molecule has 0 spiro atoms. The van der Waals surface area contributed by atoms with Gasteiger partial charge >= 0.3 is 0 Å². The van der Waals surface area contributed by atoms with Crippen molar-refractivity contribution in [2.24, 2.45) is 0 Å². The molecule has 0 radical (unpaired) electrons. The molecule has 0 bridgehead atoms. The maximum atomic E-state index is 13.0. The zero-order valence-electron chi connectivity index (χ0n) is 7.68. The predicted octanol–water partition coefficient (Wildman–Crippen LogP) is 2.60. The Hall–Kier alpha value is -1.49. The van der Waals surface area contributed by atoms with Crippen molar-refractivity contribution in [3.05, 3.63) is 29.1 Å². The minimum atomic E-state index is -0.959. The molecule has 1 heterocycles. The average molecular weight is 230 g/mol. The highest BCUT2D eigenvalue weighted by atomic mass is 35.5. The molecule has 3 nitrogen and oxygen atoms in total. The number of benzene rings is 1. The van der Waals surface area contributed by atoms with Crippen LogP contribution >= 0.6 is 11.6 Å². The van der Waals surface area contributed by atoms with E-state index in [1.165, 1.54) is 0 Å². The summed E-state index contributed by atoms with van der Waals surface area (Å²) >= 11 is 5.62. The van der Waals surface area contributed by atoms with Gasteiger partial charge in [-0.1, -0.05) is 0 Å². The van der Waals surface area contributed by atoms with Crippen LogP contribution < -0.4 is 5.32 Å². The highest BCUT2D eigenvalue weighted by Crippen LogP contribution is 2.24. The summed E-state index contributed by atoms with van der Waals surface area (Å²) in [7, 11) is 1.61. The Morgan fingerprint density at radius 2 is 1.87 bits per heavy atom. The molecule has 1 N–H and O–H groups in total. The lowest BCUT2D eigenvalue weighted by Crippen LogP contribution is -1.97. The molecule has 0 amide bonds. The number of nitrogens with zero attached hydrogens (tertiary/aromatic N) is 2. The second-order valence-electron chi connectivity index (χ2n) is 2.87. The molecule has 78 valence electrons. The van der Waals surface area contributed by atoms with Crippen molar-refractivity contribution in [2.45, 2.75) is 0 Å². The van der Waals surface area contributed by atoms with E-state index in [0.29, 0.717) is 11.2 Å². The van der Waals surface area contributed by atoms with Gasteiger partial charge < -0.3 is 5.32 Å². The number of fused-ring (bicyclic) bond motifs is 1. The van der Waals surface area contributed by atoms with Gasteiger partial charge in [0.15, 0.2) is 11.6 Å². The van der Waals surface area contributed by atoms with Crippen molar-refractivity contribution < 1.29 is 8.78 Å². The average Bonchev–Trinajstić information content (AvgIpc) is 2.19. The minimum Gasteiger partial charge on any atom is -0.372 e. The van der Waals surface area contributed by atoms with Crippen LogP contribution in [-0.4, -0.2) is 17.0 Å².